The molecule has 3 saturated carbocycles. The van der Waals surface area contributed by atoms with E-state index in [1.54, 1.807) is 5.57 Å². The summed E-state index contributed by atoms with van der Waals surface area (Å²) in [5.41, 5.74) is 2.56. The molecule has 0 amide bonds. The Bertz CT molecular complexity index is 865. The van der Waals surface area contributed by atoms with Crippen molar-refractivity contribution in [3.63, 3.8) is 0 Å². The third kappa shape index (κ3) is 6.54. The largest absolute Gasteiger partial charge is 0.414 e. The SMILES string of the molecule is CC[Si](C)(C)O[C@H]1CC[C@@]2(C)C(=C[C@@H](O[Si](C)(C)CC)[C@H]3[C@@H]4CC[C@H]([C@H](C)CCCC(C)C)[C@@]4(C)CC[C@@H]32)C1. The van der Waals surface area contributed by atoms with Crippen LogP contribution < -0.4 is 0 Å². The highest BCUT2D eigenvalue weighted by atomic mass is 28.4. The smallest absolute Gasteiger partial charge is 0.187 e. The van der Waals surface area contributed by atoms with Gasteiger partial charge in [0, 0.05) is 6.10 Å². The van der Waals surface area contributed by atoms with Crippen molar-refractivity contribution in [3.05, 3.63) is 11.6 Å². The van der Waals surface area contributed by atoms with Gasteiger partial charge in [-0.2, -0.15) is 0 Å². The van der Waals surface area contributed by atoms with Crippen molar-refractivity contribution in [2.45, 2.75) is 163 Å². The Morgan fingerprint density at radius 3 is 2.15 bits per heavy atom. The van der Waals surface area contributed by atoms with E-state index in [1.807, 2.05) is 0 Å². The Balaban J connectivity index is 1.62. The third-order valence-corrected chi connectivity index (χ3v) is 18.2. The minimum absolute atomic E-state index is 0.328. The van der Waals surface area contributed by atoms with Crippen LogP contribution in [0.25, 0.3) is 0 Å². The summed E-state index contributed by atoms with van der Waals surface area (Å²) >= 11 is 0. The van der Waals surface area contributed by atoms with E-state index >= 15 is 0 Å². The van der Waals surface area contributed by atoms with Crippen molar-refractivity contribution in [2.24, 2.45) is 46.3 Å². The van der Waals surface area contributed by atoms with E-state index in [2.05, 4.69) is 80.7 Å². The molecule has 0 spiro atoms. The molecule has 0 aromatic carbocycles. The molecule has 0 aromatic rings. The van der Waals surface area contributed by atoms with Crippen LogP contribution in [0.1, 0.15) is 113 Å². The fourth-order valence-electron chi connectivity index (χ4n) is 9.81. The number of hydrogen-bond acceptors (Lipinski definition) is 2. The van der Waals surface area contributed by atoms with Gasteiger partial charge in [0.15, 0.2) is 16.6 Å². The van der Waals surface area contributed by atoms with E-state index in [4.69, 9.17) is 8.85 Å². The van der Waals surface area contributed by atoms with Gasteiger partial charge in [-0.05, 0) is 130 Å². The van der Waals surface area contributed by atoms with Gasteiger partial charge in [-0.25, -0.2) is 0 Å². The first kappa shape index (κ1) is 32.0. The lowest BCUT2D eigenvalue weighted by Gasteiger charge is -2.61. The molecule has 9 atom stereocenters. The number of hydrogen-bond donors (Lipinski definition) is 0. The summed E-state index contributed by atoms with van der Waals surface area (Å²) in [7, 11) is -3.24. The molecule has 4 heteroatoms. The molecular weight excluding hydrogens is 509 g/mol. The quantitative estimate of drug-likeness (QED) is 0.180. The summed E-state index contributed by atoms with van der Waals surface area (Å²) in [4.78, 5) is 0. The van der Waals surface area contributed by atoms with E-state index in [9.17, 15) is 0 Å². The van der Waals surface area contributed by atoms with E-state index in [-0.39, 0.29) is 0 Å². The zero-order valence-electron chi connectivity index (χ0n) is 28.0. The average molecular weight is 575 g/mol. The Morgan fingerprint density at radius 2 is 1.51 bits per heavy atom. The summed E-state index contributed by atoms with van der Waals surface area (Å²) in [6.07, 6.45) is 17.2. The number of fused-ring (bicyclic) bond motifs is 5. The minimum Gasteiger partial charge on any atom is -0.414 e. The standard InChI is InChI=1S/C35H66O2Si2/c1-12-38(8,9)36-28-19-21-34(6)27(23-28)24-32(37-39(10,11)13-2)33-30-18-17-29(26(5)16-14-15-25(3)4)35(30,7)22-20-31(33)34/h24-26,28-33H,12-23H2,1-11H3/t26-,28+,29-,30+,31+,32-,33+,34+,35-/m1/s1. The zero-order valence-corrected chi connectivity index (χ0v) is 30.0. The van der Waals surface area contributed by atoms with Crippen molar-refractivity contribution < 1.29 is 8.85 Å². The molecule has 0 aromatic heterocycles. The fourth-order valence-corrected chi connectivity index (χ4v) is 12.2. The van der Waals surface area contributed by atoms with E-state index in [0.717, 1.165) is 36.0 Å². The van der Waals surface area contributed by atoms with Gasteiger partial charge < -0.3 is 8.85 Å². The van der Waals surface area contributed by atoms with Gasteiger partial charge in [-0.1, -0.05) is 79.4 Å². The third-order valence-electron chi connectivity index (χ3n) is 12.9. The Hall–Kier alpha value is 0.0938. The summed E-state index contributed by atoms with van der Waals surface area (Å²) in [5, 5.41) is 0. The highest BCUT2D eigenvalue weighted by Crippen LogP contribution is 2.68. The Morgan fingerprint density at radius 1 is 0.846 bits per heavy atom. The van der Waals surface area contributed by atoms with Crippen molar-refractivity contribution in [3.8, 4) is 0 Å². The lowest BCUT2D eigenvalue weighted by atomic mass is 9.46. The molecule has 0 bridgehead atoms. The first-order valence-electron chi connectivity index (χ1n) is 17.2. The van der Waals surface area contributed by atoms with Gasteiger partial charge in [-0.15, -0.1) is 0 Å². The van der Waals surface area contributed by atoms with Gasteiger partial charge in [-0.3, -0.25) is 0 Å². The summed E-state index contributed by atoms with van der Waals surface area (Å²) in [6.45, 7) is 27.2. The molecule has 0 heterocycles. The van der Waals surface area contributed by atoms with Crippen molar-refractivity contribution >= 4 is 16.6 Å². The van der Waals surface area contributed by atoms with Gasteiger partial charge in [0.2, 0.25) is 0 Å². The van der Waals surface area contributed by atoms with Crippen LogP contribution in [0.5, 0.6) is 0 Å². The van der Waals surface area contributed by atoms with Gasteiger partial charge in [0.25, 0.3) is 0 Å². The van der Waals surface area contributed by atoms with Crippen molar-refractivity contribution in [1.29, 1.82) is 0 Å². The molecule has 0 radical (unpaired) electrons. The topological polar surface area (TPSA) is 18.5 Å². The second-order valence-electron chi connectivity index (χ2n) is 16.7. The summed E-state index contributed by atoms with van der Waals surface area (Å²) < 4.78 is 14.2. The Kier molecular flexibility index (Phi) is 9.85. The van der Waals surface area contributed by atoms with Crippen LogP contribution in [-0.2, 0) is 8.85 Å². The van der Waals surface area contributed by atoms with Gasteiger partial charge in [0.1, 0.15) is 0 Å². The molecule has 4 aliphatic rings. The molecule has 4 rings (SSSR count). The predicted octanol–water partition coefficient (Wildman–Crippen LogP) is 10.9. The predicted molar refractivity (Wildman–Crippen MR) is 174 cm³/mol. The van der Waals surface area contributed by atoms with Crippen LogP contribution in [0.4, 0.5) is 0 Å². The Labute approximate surface area is 246 Å². The highest BCUT2D eigenvalue weighted by molar-refractivity contribution is 6.71. The molecule has 39 heavy (non-hydrogen) atoms. The van der Waals surface area contributed by atoms with Crippen LogP contribution in [0.3, 0.4) is 0 Å². The van der Waals surface area contributed by atoms with Crippen LogP contribution in [0.15, 0.2) is 11.6 Å². The monoisotopic (exact) mass is 574 g/mol. The van der Waals surface area contributed by atoms with Crippen LogP contribution >= 0.6 is 0 Å². The maximum Gasteiger partial charge on any atom is 0.187 e. The molecule has 0 saturated heterocycles. The highest BCUT2D eigenvalue weighted by Gasteiger charge is 2.62. The average Bonchev–Trinajstić information content (AvgIpc) is 3.21. The first-order chi connectivity index (χ1) is 18.2. The number of rotatable bonds is 11. The second kappa shape index (κ2) is 12.0. The first-order valence-corrected chi connectivity index (χ1v) is 23.5. The molecule has 0 aliphatic heterocycles. The maximum atomic E-state index is 7.32. The van der Waals surface area contributed by atoms with Gasteiger partial charge >= 0.3 is 0 Å². The second-order valence-corrected chi connectivity index (χ2v) is 25.6. The molecule has 3 fully saturated rings. The molecular formula is C35H66O2Si2. The van der Waals surface area contributed by atoms with Gasteiger partial charge in [0.05, 0.1) is 6.10 Å². The minimum atomic E-state index is -1.69. The van der Waals surface area contributed by atoms with Crippen LogP contribution in [0, 0.1) is 46.3 Å². The molecule has 0 unspecified atom stereocenters. The maximum absolute atomic E-state index is 7.32. The lowest BCUT2D eigenvalue weighted by molar-refractivity contribution is -0.0925. The summed E-state index contributed by atoms with van der Waals surface area (Å²) in [6, 6.07) is 2.42. The normalized spacial score (nSPS) is 39.6. The van der Waals surface area contributed by atoms with Crippen LogP contribution in [0.2, 0.25) is 38.3 Å². The lowest BCUT2D eigenvalue weighted by Crippen LogP contribution is -2.57. The fraction of sp³-hybridized carbons (Fsp3) is 0.943. The molecule has 226 valence electrons. The van der Waals surface area contributed by atoms with E-state index in [1.165, 1.54) is 69.9 Å². The van der Waals surface area contributed by atoms with Crippen LogP contribution in [-0.4, -0.2) is 28.8 Å². The molecule has 2 nitrogen and oxygen atoms in total. The zero-order chi connectivity index (χ0) is 28.8. The summed E-state index contributed by atoms with van der Waals surface area (Å²) in [5.74, 6) is 4.92. The molecule has 0 N–H and O–H groups in total. The van der Waals surface area contributed by atoms with E-state index in [0.29, 0.717) is 29.0 Å². The molecule has 4 aliphatic carbocycles. The van der Waals surface area contributed by atoms with E-state index < -0.39 is 16.6 Å². The van der Waals surface area contributed by atoms with Crippen molar-refractivity contribution in [2.75, 3.05) is 0 Å². The van der Waals surface area contributed by atoms with Crippen molar-refractivity contribution in [1.82, 2.24) is 0 Å².